The zero-order valence-electron chi connectivity index (χ0n) is 13.2. The van der Waals surface area contributed by atoms with E-state index in [2.05, 4.69) is 67.3 Å². The average molecular weight is 273 g/mol. The van der Waals surface area contributed by atoms with Gasteiger partial charge in [0.05, 0.1) is 0 Å². The maximum absolute atomic E-state index is 3.79. The molecule has 1 saturated carbocycles. The molecule has 3 rings (SSSR count). The number of rotatable bonds is 3. The Hall–Kier alpha value is -1.22. The first-order valence-electron chi connectivity index (χ1n) is 7.79. The molecule has 0 radical (unpaired) electrons. The Morgan fingerprint density at radius 2 is 2.05 bits per heavy atom. The number of anilines is 2. The van der Waals surface area contributed by atoms with Crippen molar-refractivity contribution < 1.29 is 0 Å². The van der Waals surface area contributed by atoms with Crippen molar-refractivity contribution >= 4 is 11.4 Å². The van der Waals surface area contributed by atoms with Gasteiger partial charge in [0, 0.05) is 50.1 Å². The normalized spacial score (nSPS) is 30.4. The molecule has 1 N–H and O–H groups in total. The van der Waals surface area contributed by atoms with Gasteiger partial charge in [-0.25, -0.2) is 0 Å². The largest absolute Gasteiger partial charge is 0.378 e. The molecule has 2 unspecified atom stereocenters. The van der Waals surface area contributed by atoms with Gasteiger partial charge in [0.15, 0.2) is 0 Å². The topological polar surface area (TPSA) is 18.5 Å². The van der Waals surface area contributed by atoms with E-state index < -0.39 is 0 Å². The molecule has 0 amide bonds. The minimum absolute atomic E-state index is 0.292. The zero-order valence-corrected chi connectivity index (χ0v) is 13.2. The second-order valence-electron chi connectivity index (χ2n) is 6.96. The van der Waals surface area contributed by atoms with E-state index in [0.717, 1.165) is 19.0 Å². The number of nitrogens with one attached hydrogen (secondary N) is 1. The highest BCUT2D eigenvalue weighted by atomic mass is 15.3. The maximum Gasteiger partial charge on any atom is 0.0390 e. The molecule has 0 aromatic heterocycles. The molecule has 1 aromatic carbocycles. The maximum atomic E-state index is 3.79. The monoisotopic (exact) mass is 273 g/mol. The quantitative estimate of drug-likeness (QED) is 0.913. The van der Waals surface area contributed by atoms with Crippen molar-refractivity contribution in [2.24, 2.45) is 5.92 Å². The van der Waals surface area contributed by atoms with E-state index in [1.54, 1.807) is 0 Å². The molecule has 1 aromatic rings. The van der Waals surface area contributed by atoms with Crippen LogP contribution in [0.1, 0.15) is 26.7 Å². The van der Waals surface area contributed by atoms with E-state index in [-0.39, 0.29) is 0 Å². The van der Waals surface area contributed by atoms with Gasteiger partial charge in [-0.15, -0.1) is 0 Å². The van der Waals surface area contributed by atoms with Crippen molar-refractivity contribution in [3.8, 4) is 0 Å². The number of benzene rings is 1. The fraction of sp³-hybridized carbons (Fsp3) is 0.647. The van der Waals surface area contributed by atoms with Crippen LogP contribution in [0, 0.1) is 5.92 Å². The van der Waals surface area contributed by atoms with Crippen LogP contribution in [0.3, 0.4) is 0 Å². The van der Waals surface area contributed by atoms with Crippen LogP contribution < -0.4 is 15.1 Å². The summed E-state index contributed by atoms with van der Waals surface area (Å²) in [4.78, 5) is 4.76. The Morgan fingerprint density at radius 3 is 2.70 bits per heavy atom. The predicted octanol–water partition coefficient (Wildman–Crippen LogP) is 2.72. The van der Waals surface area contributed by atoms with Gasteiger partial charge >= 0.3 is 0 Å². The molecule has 2 fully saturated rings. The third kappa shape index (κ3) is 2.51. The third-order valence-corrected chi connectivity index (χ3v) is 4.99. The third-order valence-electron chi connectivity index (χ3n) is 4.99. The van der Waals surface area contributed by atoms with Crippen LogP contribution >= 0.6 is 0 Å². The van der Waals surface area contributed by atoms with E-state index in [1.165, 1.54) is 24.2 Å². The number of hydrogen-bond donors (Lipinski definition) is 1. The van der Waals surface area contributed by atoms with Gasteiger partial charge in [-0.3, -0.25) is 0 Å². The second-order valence-corrected chi connectivity index (χ2v) is 6.96. The lowest BCUT2D eigenvalue weighted by atomic mass is 9.91. The Kier molecular flexibility index (Phi) is 3.41. The molecule has 2 aliphatic rings. The highest BCUT2D eigenvalue weighted by Crippen LogP contribution is 2.42. The molecule has 110 valence electrons. The predicted molar refractivity (Wildman–Crippen MR) is 86.7 cm³/mol. The van der Waals surface area contributed by atoms with Crippen LogP contribution in [-0.2, 0) is 0 Å². The average Bonchev–Trinajstić information content (AvgIpc) is 3.27. The molecular formula is C17H27N3. The van der Waals surface area contributed by atoms with E-state index in [4.69, 9.17) is 0 Å². The summed E-state index contributed by atoms with van der Waals surface area (Å²) in [6.07, 6.45) is 2.78. The van der Waals surface area contributed by atoms with Gasteiger partial charge < -0.3 is 15.1 Å². The molecule has 2 atom stereocenters. The highest BCUT2D eigenvalue weighted by molar-refractivity contribution is 5.59. The molecule has 1 heterocycles. The van der Waals surface area contributed by atoms with Crippen molar-refractivity contribution in [1.29, 1.82) is 0 Å². The van der Waals surface area contributed by atoms with Crippen molar-refractivity contribution in [2.45, 2.75) is 38.3 Å². The van der Waals surface area contributed by atoms with Crippen molar-refractivity contribution in [3.05, 3.63) is 24.3 Å². The van der Waals surface area contributed by atoms with Crippen LogP contribution in [0.4, 0.5) is 11.4 Å². The van der Waals surface area contributed by atoms with E-state index >= 15 is 0 Å². The number of hydrogen-bond acceptors (Lipinski definition) is 3. The molecular weight excluding hydrogens is 246 g/mol. The summed E-state index contributed by atoms with van der Waals surface area (Å²) in [5, 5.41) is 3.79. The first-order valence-corrected chi connectivity index (χ1v) is 7.79. The summed E-state index contributed by atoms with van der Waals surface area (Å²) >= 11 is 0. The first kappa shape index (κ1) is 13.7. The van der Waals surface area contributed by atoms with Gasteiger partial charge in [0.2, 0.25) is 0 Å². The molecule has 0 bridgehead atoms. The van der Waals surface area contributed by atoms with E-state index in [1.807, 2.05) is 0 Å². The van der Waals surface area contributed by atoms with Gasteiger partial charge in [-0.2, -0.15) is 0 Å². The standard InChI is InChI=1S/C17H27N3/c1-13-11-18-17(2,14-8-9-14)12-20(13)16-7-5-6-15(10-16)19(3)4/h5-7,10,13-14,18H,8-9,11-12H2,1-4H3. The van der Waals surface area contributed by atoms with E-state index in [9.17, 15) is 0 Å². The molecule has 3 nitrogen and oxygen atoms in total. The molecule has 1 saturated heterocycles. The smallest absolute Gasteiger partial charge is 0.0390 e. The van der Waals surface area contributed by atoms with Crippen LogP contribution in [0.25, 0.3) is 0 Å². The molecule has 0 spiro atoms. The van der Waals surface area contributed by atoms with E-state index in [0.29, 0.717) is 11.6 Å². The summed E-state index contributed by atoms with van der Waals surface area (Å²) in [6.45, 7) is 6.93. The highest BCUT2D eigenvalue weighted by Gasteiger charge is 2.45. The van der Waals surface area contributed by atoms with Crippen LogP contribution in [0.5, 0.6) is 0 Å². The summed E-state index contributed by atoms with van der Waals surface area (Å²) < 4.78 is 0. The zero-order chi connectivity index (χ0) is 14.3. The van der Waals surface area contributed by atoms with Gasteiger partial charge in [0.25, 0.3) is 0 Å². The second kappa shape index (κ2) is 4.96. The molecule has 3 heteroatoms. The SMILES string of the molecule is CC1CNC(C)(C2CC2)CN1c1cccc(N(C)C)c1. The fourth-order valence-corrected chi connectivity index (χ4v) is 3.35. The van der Waals surface area contributed by atoms with Crippen LogP contribution in [-0.4, -0.2) is 38.8 Å². The number of piperazine rings is 1. The lowest BCUT2D eigenvalue weighted by Gasteiger charge is -2.47. The van der Waals surface area contributed by atoms with Crippen molar-refractivity contribution in [2.75, 3.05) is 37.0 Å². The first-order chi connectivity index (χ1) is 9.49. The Balaban J connectivity index is 1.85. The minimum atomic E-state index is 0.292. The summed E-state index contributed by atoms with van der Waals surface area (Å²) in [6, 6.07) is 9.47. The lowest BCUT2D eigenvalue weighted by molar-refractivity contribution is 0.261. The minimum Gasteiger partial charge on any atom is -0.378 e. The summed E-state index contributed by atoms with van der Waals surface area (Å²) in [5.41, 5.74) is 2.93. The lowest BCUT2D eigenvalue weighted by Crippen LogP contribution is -2.63. The molecule has 1 aliphatic carbocycles. The van der Waals surface area contributed by atoms with Crippen LogP contribution in [0.15, 0.2) is 24.3 Å². The van der Waals surface area contributed by atoms with Crippen LogP contribution in [0.2, 0.25) is 0 Å². The Morgan fingerprint density at radius 1 is 1.30 bits per heavy atom. The summed E-state index contributed by atoms with van der Waals surface area (Å²) in [5.74, 6) is 0.870. The number of nitrogens with zero attached hydrogens (tertiary/aromatic N) is 2. The Labute approximate surface area is 123 Å². The van der Waals surface area contributed by atoms with Gasteiger partial charge in [0.1, 0.15) is 0 Å². The van der Waals surface area contributed by atoms with Crippen molar-refractivity contribution in [1.82, 2.24) is 5.32 Å². The molecule has 20 heavy (non-hydrogen) atoms. The van der Waals surface area contributed by atoms with Crippen molar-refractivity contribution in [3.63, 3.8) is 0 Å². The summed E-state index contributed by atoms with van der Waals surface area (Å²) in [7, 11) is 4.21. The molecule has 1 aliphatic heterocycles. The van der Waals surface area contributed by atoms with Gasteiger partial charge in [-0.1, -0.05) is 6.07 Å². The Bertz CT molecular complexity index is 481. The fourth-order valence-electron chi connectivity index (χ4n) is 3.35. The van der Waals surface area contributed by atoms with Gasteiger partial charge in [-0.05, 0) is 50.8 Å².